The maximum atomic E-state index is 11.1. The van der Waals surface area contributed by atoms with Gasteiger partial charge in [0.1, 0.15) is 0 Å². The fraction of sp³-hybridized carbons (Fsp3) is 0.600. The molecule has 0 spiro atoms. The first kappa shape index (κ1) is 10.8. The number of aliphatic carboxylic acids is 1. The Morgan fingerprint density at radius 3 is 2.43 bits per heavy atom. The van der Waals surface area contributed by atoms with Gasteiger partial charge in [-0.25, -0.2) is 0 Å². The van der Waals surface area contributed by atoms with Gasteiger partial charge in [-0.15, -0.1) is 0 Å². The van der Waals surface area contributed by atoms with Crippen molar-refractivity contribution in [2.75, 3.05) is 0 Å². The standard InChI is InChI=1S/C10H16N2O2/c1-6(2)9(10(13)14)8-5-12(4)11-7(8)3/h5-6,9H,1-4H3,(H,13,14). The second kappa shape index (κ2) is 3.82. The SMILES string of the molecule is Cc1nn(C)cc1C(C(=O)O)C(C)C. The number of carbonyl (C=O) groups is 1. The van der Waals surface area contributed by atoms with E-state index in [9.17, 15) is 4.79 Å². The maximum absolute atomic E-state index is 11.1. The molecule has 0 radical (unpaired) electrons. The summed E-state index contributed by atoms with van der Waals surface area (Å²) in [5.41, 5.74) is 1.61. The van der Waals surface area contributed by atoms with Gasteiger partial charge in [-0.1, -0.05) is 13.8 Å². The van der Waals surface area contributed by atoms with Gasteiger partial charge < -0.3 is 5.11 Å². The highest BCUT2D eigenvalue weighted by atomic mass is 16.4. The topological polar surface area (TPSA) is 55.1 Å². The Kier molecular flexibility index (Phi) is 2.93. The molecular weight excluding hydrogens is 180 g/mol. The van der Waals surface area contributed by atoms with Crippen molar-refractivity contribution in [1.29, 1.82) is 0 Å². The molecule has 0 aliphatic carbocycles. The fourth-order valence-electron chi connectivity index (χ4n) is 1.70. The number of carboxylic acid groups (broad SMARTS) is 1. The molecule has 78 valence electrons. The van der Waals surface area contributed by atoms with E-state index in [2.05, 4.69) is 5.10 Å². The summed E-state index contributed by atoms with van der Waals surface area (Å²) in [5.74, 6) is -1.16. The quantitative estimate of drug-likeness (QED) is 0.798. The number of hydrogen-bond donors (Lipinski definition) is 1. The first-order valence-corrected chi connectivity index (χ1v) is 4.66. The third-order valence-electron chi connectivity index (χ3n) is 2.32. The van der Waals surface area contributed by atoms with Gasteiger partial charge in [0.15, 0.2) is 0 Å². The molecule has 0 fully saturated rings. The lowest BCUT2D eigenvalue weighted by molar-refractivity contribution is -0.139. The summed E-state index contributed by atoms with van der Waals surface area (Å²) in [6.07, 6.45) is 1.79. The molecular formula is C10H16N2O2. The molecule has 4 heteroatoms. The van der Waals surface area contributed by atoms with Crippen molar-refractivity contribution in [2.45, 2.75) is 26.7 Å². The van der Waals surface area contributed by atoms with Gasteiger partial charge in [-0.3, -0.25) is 9.48 Å². The normalized spacial score (nSPS) is 13.2. The van der Waals surface area contributed by atoms with Gasteiger partial charge in [0, 0.05) is 18.8 Å². The van der Waals surface area contributed by atoms with E-state index in [4.69, 9.17) is 5.11 Å². The van der Waals surface area contributed by atoms with Crippen molar-refractivity contribution >= 4 is 5.97 Å². The van der Waals surface area contributed by atoms with E-state index in [0.717, 1.165) is 11.3 Å². The summed E-state index contributed by atoms with van der Waals surface area (Å²) in [6, 6.07) is 0. The number of nitrogens with zero attached hydrogens (tertiary/aromatic N) is 2. The molecule has 1 N–H and O–H groups in total. The van der Waals surface area contributed by atoms with Crippen molar-refractivity contribution < 1.29 is 9.90 Å². The molecule has 0 saturated carbocycles. The summed E-state index contributed by atoms with van der Waals surface area (Å²) in [6.45, 7) is 5.66. The Morgan fingerprint density at radius 1 is 1.57 bits per heavy atom. The van der Waals surface area contributed by atoms with E-state index < -0.39 is 11.9 Å². The number of hydrogen-bond acceptors (Lipinski definition) is 2. The summed E-state index contributed by atoms with van der Waals surface area (Å²) >= 11 is 0. The molecule has 14 heavy (non-hydrogen) atoms. The fourth-order valence-corrected chi connectivity index (χ4v) is 1.70. The Morgan fingerprint density at radius 2 is 2.14 bits per heavy atom. The van der Waals surface area contributed by atoms with Crippen molar-refractivity contribution in [3.8, 4) is 0 Å². The van der Waals surface area contributed by atoms with Crippen LogP contribution in [0.4, 0.5) is 0 Å². The maximum Gasteiger partial charge on any atom is 0.311 e. The number of carboxylic acids is 1. The molecule has 0 aliphatic rings. The lowest BCUT2D eigenvalue weighted by Crippen LogP contribution is -2.17. The second-order valence-corrected chi connectivity index (χ2v) is 3.90. The zero-order chi connectivity index (χ0) is 10.9. The Balaban J connectivity index is 3.11. The van der Waals surface area contributed by atoms with Crippen LogP contribution in [-0.4, -0.2) is 20.9 Å². The minimum absolute atomic E-state index is 0.0791. The van der Waals surface area contributed by atoms with E-state index in [1.165, 1.54) is 0 Å². The minimum atomic E-state index is -0.781. The van der Waals surface area contributed by atoms with Gasteiger partial charge in [-0.2, -0.15) is 5.10 Å². The zero-order valence-electron chi connectivity index (χ0n) is 8.98. The summed E-state index contributed by atoms with van der Waals surface area (Å²) in [7, 11) is 1.80. The molecule has 4 nitrogen and oxygen atoms in total. The second-order valence-electron chi connectivity index (χ2n) is 3.90. The van der Waals surface area contributed by atoms with Crippen molar-refractivity contribution in [3.05, 3.63) is 17.5 Å². The van der Waals surface area contributed by atoms with Gasteiger partial charge in [0.25, 0.3) is 0 Å². The zero-order valence-corrected chi connectivity index (χ0v) is 8.98. The van der Waals surface area contributed by atoms with E-state index in [0.29, 0.717) is 0 Å². The molecule has 1 aromatic heterocycles. The van der Waals surface area contributed by atoms with Crippen molar-refractivity contribution in [1.82, 2.24) is 9.78 Å². The molecule has 1 heterocycles. The third kappa shape index (κ3) is 1.95. The number of aromatic nitrogens is 2. The summed E-state index contributed by atoms with van der Waals surface area (Å²) in [4.78, 5) is 11.1. The highest BCUT2D eigenvalue weighted by molar-refractivity contribution is 5.76. The van der Waals surface area contributed by atoms with Crippen LogP contribution in [0.1, 0.15) is 31.0 Å². The lowest BCUT2D eigenvalue weighted by Gasteiger charge is -2.14. The van der Waals surface area contributed by atoms with E-state index in [1.54, 1.807) is 17.9 Å². The van der Waals surface area contributed by atoms with E-state index in [1.807, 2.05) is 20.8 Å². The highest BCUT2D eigenvalue weighted by Crippen LogP contribution is 2.26. The average Bonchev–Trinajstić information content (AvgIpc) is 2.29. The van der Waals surface area contributed by atoms with E-state index in [-0.39, 0.29) is 5.92 Å². The lowest BCUT2D eigenvalue weighted by atomic mass is 9.89. The molecule has 0 saturated heterocycles. The van der Waals surface area contributed by atoms with Crippen LogP contribution in [0, 0.1) is 12.8 Å². The van der Waals surface area contributed by atoms with Crippen molar-refractivity contribution in [3.63, 3.8) is 0 Å². The van der Waals surface area contributed by atoms with Crippen LogP contribution in [-0.2, 0) is 11.8 Å². The Bertz CT molecular complexity index is 342. The van der Waals surface area contributed by atoms with E-state index >= 15 is 0 Å². The van der Waals surface area contributed by atoms with Crippen LogP contribution >= 0.6 is 0 Å². The van der Waals surface area contributed by atoms with Crippen LogP contribution in [0.3, 0.4) is 0 Å². The molecule has 1 atom stereocenters. The molecule has 1 rings (SSSR count). The molecule has 1 unspecified atom stereocenters. The minimum Gasteiger partial charge on any atom is -0.481 e. The van der Waals surface area contributed by atoms with Gasteiger partial charge in [0.2, 0.25) is 0 Å². The number of aryl methyl sites for hydroxylation is 2. The summed E-state index contributed by atoms with van der Waals surface area (Å²) < 4.78 is 1.66. The Labute approximate surface area is 83.5 Å². The van der Waals surface area contributed by atoms with Crippen LogP contribution in [0.15, 0.2) is 6.20 Å². The summed E-state index contributed by atoms with van der Waals surface area (Å²) in [5, 5.41) is 13.2. The van der Waals surface area contributed by atoms with Gasteiger partial charge in [0.05, 0.1) is 11.6 Å². The smallest absolute Gasteiger partial charge is 0.311 e. The van der Waals surface area contributed by atoms with Crippen LogP contribution in [0.2, 0.25) is 0 Å². The Hall–Kier alpha value is -1.32. The van der Waals surface area contributed by atoms with Crippen LogP contribution in [0.5, 0.6) is 0 Å². The highest BCUT2D eigenvalue weighted by Gasteiger charge is 2.26. The molecule has 0 bridgehead atoms. The monoisotopic (exact) mass is 196 g/mol. The van der Waals surface area contributed by atoms with Crippen LogP contribution in [0.25, 0.3) is 0 Å². The molecule has 0 amide bonds. The molecule has 0 aromatic carbocycles. The largest absolute Gasteiger partial charge is 0.481 e. The predicted octanol–water partition coefficient (Wildman–Crippen LogP) is 1.55. The van der Waals surface area contributed by atoms with Crippen molar-refractivity contribution in [2.24, 2.45) is 13.0 Å². The van der Waals surface area contributed by atoms with Gasteiger partial charge >= 0.3 is 5.97 Å². The number of rotatable bonds is 3. The average molecular weight is 196 g/mol. The van der Waals surface area contributed by atoms with Crippen LogP contribution < -0.4 is 0 Å². The molecule has 1 aromatic rings. The first-order chi connectivity index (χ1) is 6.43. The third-order valence-corrected chi connectivity index (χ3v) is 2.32. The van der Waals surface area contributed by atoms with Gasteiger partial charge in [-0.05, 0) is 12.8 Å². The molecule has 0 aliphatic heterocycles. The first-order valence-electron chi connectivity index (χ1n) is 4.66. The predicted molar refractivity (Wildman–Crippen MR) is 53.2 cm³/mol.